The molecular weight excluding hydrogens is 304 g/mol. The van der Waals surface area contributed by atoms with E-state index in [2.05, 4.69) is 29.4 Å². The molecule has 0 radical (unpaired) electrons. The SMILES string of the molecule is CCc1ccc(NCc2cc3cc4c(cc3[nH]c2=O)OCO4)cc1. The third-order valence-corrected chi connectivity index (χ3v) is 4.26. The topological polar surface area (TPSA) is 63.4 Å². The van der Waals surface area contributed by atoms with Gasteiger partial charge in [-0.05, 0) is 36.2 Å². The van der Waals surface area contributed by atoms with Gasteiger partial charge in [-0.3, -0.25) is 4.79 Å². The van der Waals surface area contributed by atoms with E-state index in [4.69, 9.17) is 9.47 Å². The molecule has 5 heteroatoms. The molecule has 0 unspecified atom stereocenters. The van der Waals surface area contributed by atoms with Crippen LogP contribution in [0, 0.1) is 0 Å². The zero-order valence-corrected chi connectivity index (χ0v) is 13.4. The summed E-state index contributed by atoms with van der Waals surface area (Å²) in [7, 11) is 0. The number of H-pyrrole nitrogens is 1. The van der Waals surface area contributed by atoms with Crippen molar-refractivity contribution in [3.63, 3.8) is 0 Å². The standard InChI is InChI=1S/C19H18N2O3/c1-2-12-3-5-15(6-4-12)20-10-14-7-13-8-17-18(24-11-23-17)9-16(13)21-19(14)22/h3-9,20H,2,10-11H2,1H3,(H,21,22). The summed E-state index contributed by atoms with van der Waals surface area (Å²) in [5.74, 6) is 1.38. The maximum absolute atomic E-state index is 12.3. The van der Waals surface area contributed by atoms with E-state index in [0.29, 0.717) is 23.6 Å². The minimum absolute atomic E-state index is 0.0981. The lowest BCUT2D eigenvalue weighted by molar-refractivity contribution is 0.174. The molecule has 0 bridgehead atoms. The highest BCUT2D eigenvalue weighted by Gasteiger charge is 2.15. The molecule has 0 fully saturated rings. The molecule has 5 nitrogen and oxygen atoms in total. The molecular formula is C19H18N2O3. The van der Waals surface area contributed by atoms with Gasteiger partial charge < -0.3 is 19.8 Å². The van der Waals surface area contributed by atoms with E-state index in [0.717, 1.165) is 23.0 Å². The molecule has 0 saturated heterocycles. The summed E-state index contributed by atoms with van der Waals surface area (Å²) < 4.78 is 10.7. The van der Waals surface area contributed by atoms with E-state index in [-0.39, 0.29) is 12.4 Å². The number of fused-ring (bicyclic) bond motifs is 2. The van der Waals surface area contributed by atoms with Gasteiger partial charge in [-0.25, -0.2) is 0 Å². The molecule has 2 heterocycles. The first-order chi connectivity index (χ1) is 11.7. The van der Waals surface area contributed by atoms with Crippen LogP contribution in [-0.2, 0) is 13.0 Å². The lowest BCUT2D eigenvalue weighted by atomic mass is 10.1. The van der Waals surface area contributed by atoms with Crippen LogP contribution >= 0.6 is 0 Å². The molecule has 2 aromatic carbocycles. The van der Waals surface area contributed by atoms with Crippen molar-refractivity contribution in [2.75, 3.05) is 12.1 Å². The van der Waals surface area contributed by atoms with Crippen molar-refractivity contribution < 1.29 is 9.47 Å². The van der Waals surface area contributed by atoms with Crippen LogP contribution in [0.15, 0.2) is 47.3 Å². The first-order valence-corrected chi connectivity index (χ1v) is 8.01. The molecule has 0 spiro atoms. The number of aromatic amines is 1. The van der Waals surface area contributed by atoms with E-state index in [1.54, 1.807) is 6.07 Å². The zero-order valence-electron chi connectivity index (χ0n) is 13.4. The number of benzene rings is 2. The van der Waals surface area contributed by atoms with E-state index in [9.17, 15) is 4.79 Å². The van der Waals surface area contributed by atoms with Crippen molar-refractivity contribution >= 4 is 16.6 Å². The fourth-order valence-electron chi connectivity index (χ4n) is 2.83. The number of aromatic nitrogens is 1. The van der Waals surface area contributed by atoms with Crippen molar-refractivity contribution in [3.8, 4) is 11.5 Å². The maximum atomic E-state index is 12.3. The highest BCUT2D eigenvalue weighted by Crippen LogP contribution is 2.35. The van der Waals surface area contributed by atoms with Crippen molar-refractivity contribution in [1.82, 2.24) is 4.98 Å². The van der Waals surface area contributed by atoms with E-state index in [1.165, 1.54) is 5.56 Å². The van der Waals surface area contributed by atoms with Crippen molar-refractivity contribution in [2.24, 2.45) is 0 Å². The number of aryl methyl sites for hydroxylation is 1. The Kier molecular flexibility index (Phi) is 3.61. The lowest BCUT2D eigenvalue weighted by Crippen LogP contribution is -2.15. The molecule has 122 valence electrons. The summed E-state index contributed by atoms with van der Waals surface area (Å²) in [6.07, 6.45) is 1.01. The fourth-order valence-corrected chi connectivity index (χ4v) is 2.83. The summed E-state index contributed by atoms with van der Waals surface area (Å²) in [5, 5.41) is 4.22. The van der Waals surface area contributed by atoms with Crippen LogP contribution in [0.5, 0.6) is 11.5 Å². The number of nitrogens with one attached hydrogen (secondary N) is 2. The Labute approximate surface area is 139 Å². The summed E-state index contributed by atoms with van der Waals surface area (Å²) in [5.41, 5.74) is 3.62. The summed E-state index contributed by atoms with van der Waals surface area (Å²) in [6, 6.07) is 13.8. The Morgan fingerprint density at radius 2 is 1.83 bits per heavy atom. The van der Waals surface area contributed by atoms with Gasteiger partial charge in [0.15, 0.2) is 11.5 Å². The molecule has 24 heavy (non-hydrogen) atoms. The summed E-state index contributed by atoms with van der Waals surface area (Å²) in [4.78, 5) is 15.2. The Hall–Kier alpha value is -2.95. The van der Waals surface area contributed by atoms with Gasteiger partial charge in [-0.1, -0.05) is 19.1 Å². The van der Waals surface area contributed by atoms with Gasteiger partial charge in [0.2, 0.25) is 6.79 Å². The molecule has 0 amide bonds. The van der Waals surface area contributed by atoms with Crippen LogP contribution in [0.1, 0.15) is 18.1 Å². The largest absolute Gasteiger partial charge is 0.454 e. The van der Waals surface area contributed by atoms with Gasteiger partial charge >= 0.3 is 0 Å². The number of hydrogen-bond donors (Lipinski definition) is 2. The first kappa shape index (κ1) is 14.6. The molecule has 1 aromatic heterocycles. The van der Waals surface area contributed by atoms with Crippen LogP contribution in [0.2, 0.25) is 0 Å². The number of hydrogen-bond acceptors (Lipinski definition) is 4. The smallest absolute Gasteiger partial charge is 0.253 e. The van der Waals surface area contributed by atoms with Gasteiger partial charge in [0.05, 0.1) is 5.52 Å². The van der Waals surface area contributed by atoms with Gasteiger partial charge in [-0.2, -0.15) is 0 Å². The first-order valence-electron chi connectivity index (χ1n) is 8.01. The Morgan fingerprint density at radius 3 is 2.58 bits per heavy atom. The summed E-state index contributed by atoms with van der Waals surface area (Å²) in [6.45, 7) is 2.81. The number of rotatable bonds is 4. The predicted octanol–water partition coefficient (Wildman–Crippen LogP) is 3.43. The van der Waals surface area contributed by atoms with Gasteiger partial charge in [-0.15, -0.1) is 0 Å². The van der Waals surface area contributed by atoms with Crippen molar-refractivity contribution in [2.45, 2.75) is 19.9 Å². The molecule has 0 aliphatic carbocycles. The van der Waals surface area contributed by atoms with Gasteiger partial charge in [0.25, 0.3) is 5.56 Å². The average Bonchev–Trinajstić information content (AvgIpc) is 3.05. The molecule has 3 aromatic rings. The molecule has 2 N–H and O–H groups in total. The second-order valence-corrected chi connectivity index (χ2v) is 5.82. The summed E-state index contributed by atoms with van der Waals surface area (Å²) >= 11 is 0. The highest BCUT2D eigenvalue weighted by molar-refractivity contribution is 5.83. The van der Waals surface area contributed by atoms with E-state index in [1.807, 2.05) is 24.3 Å². The second kappa shape index (κ2) is 5.92. The Morgan fingerprint density at radius 1 is 1.08 bits per heavy atom. The third-order valence-electron chi connectivity index (χ3n) is 4.26. The monoisotopic (exact) mass is 322 g/mol. The molecule has 4 rings (SSSR count). The number of pyridine rings is 1. The Balaban J connectivity index is 1.60. The van der Waals surface area contributed by atoms with Gasteiger partial charge in [0, 0.05) is 29.2 Å². The molecule has 0 saturated carbocycles. The molecule has 0 atom stereocenters. The molecule has 1 aliphatic heterocycles. The third kappa shape index (κ3) is 2.69. The van der Waals surface area contributed by atoms with Crippen LogP contribution in [0.4, 0.5) is 5.69 Å². The predicted molar refractivity (Wildman–Crippen MR) is 93.8 cm³/mol. The van der Waals surface area contributed by atoms with E-state index < -0.39 is 0 Å². The van der Waals surface area contributed by atoms with Crippen LogP contribution in [0.3, 0.4) is 0 Å². The maximum Gasteiger partial charge on any atom is 0.253 e. The molecule has 1 aliphatic rings. The number of ether oxygens (including phenoxy) is 2. The van der Waals surface area contributed by atoms with Crippen LogP contribution in [-0.4, -0.2) is 11.8 Å². The lowest BCUT2D eigenvalue weighted by Gasteiger charge is -2.08. The second-order valence-electron chi connectivity index (χ2n) is 5.82. The van der Waals surface area contributed by atoms with Crippen LogP contribution in [0.25, 0.3) is 10.9 Å². The minimum Gasteiger partial charge on any atom is -0.454 e. The normalized spacial score (nSPS) is 12.5. The van der Waals surface area contributed by atoms with E-state index >= 15 is 0 Å². The zero-order chi connectivity index (χ0) is 16.5. The van der Waals surface area contributed by atoms with Crippen molar-refractivity contribution in [3.05, 3.63) is 63.9 Å². The van der Waals surface area contributed by atoms with Gasteiger partial charge in [0.1, 0.15) is 0 Å². The number of anilines is 1. The minimum atomic E-state index is -0.0981. The average molecular weight is 322 g/mol. The van der Waals surface area contributed by atoms with Crippen LogP contribution < -0.4 is 20.3 Å². The highest BCUT2D eigenvalue weighted by atomic mass is 16.7. The van der Waals surface area contributed by atoms with Crippen molar-refractivity contribution in [1.29, 1.82) is 0 Å². The Bertz CT molecular complexity index is 945. The quantitative estimate of drug-likeness (QED) is 0.772. The fraction of sp³-hybridized carbons (Fsp3) is 0.211.